The quantitative estimate of drug-likeness (QED) is 0.670. The Labute approximate surface area is 80.9 Å². The minimum atomic E-state index is 0.251. The van der Waals surface area contributed by atoms with Gasteiger partial charge in [0.15, 0.2) is 0 Å². The molecule has 0 saturated carbocycles. The van der Waals surface area contributed by atoms with E-state index in [1.807, 2.05) is 18.2 Å². The number of rotatable bonds is 1. The van der Waals surface area contributed by atoms with Crippen LogP contribution < -0.4 is 0 Å². The van der Waals surface area contributed by atoms with Crippen molar-refractivity contribution >= 4 is 15.9 Å². The second-order valence-electron chi connectivity index (χ2n) is 3.12. The zero-order valence-corrected chi connectivity index (χ0v) is 8.49. The predicted molar refractivity (Wildman–Crippen MR) is 52.4 cm³/mol. The van der Waals surface area contributed by atoms with Gasteiger partial charge in [-0.3, -0.25) is 0 Å². The van der Waals surface area contributed by atoms with Crippen molar-refractivity contribution in [3.63, 3.8) is 0 Å². The molecule has 0 aliphatic carbocycles. The average molecular weight is 227 g/mol. The molecule has 1 saturated heterocycles. The number of alkyl halides is 1. The van der Waals surface area contributed by atoms with Gasteiger partial charge in [0.1, 0.15) is 0 Å². The molecule has 1 nitrogen and oxygen atoms in total. The topological polar surface area (TPSA) is 9.23 Å². The van der Waals surface area contributed by atoms with E-state index >= 15 is 0 Å². The van der Waals surface area contributed by atoms with Crippen molar-refractivity contribution in [2.75, 3.05) is 0 Å². The van der Waals surface area contributed by atoms with Crippen LogP contribution in [0.5, 0.6) is 0 Å². The summed E-state index contributed by atoms with van der Waals surface area (Å²) in [5, 5.41) is 0. The van der Waals surface area contributed by atoms with Crippen LogP contribution in [-0.2, 0) is 4.74 Å². The maximum Gasteiger partial charge on any atom is 0.0979 e. The largest absolute Gasteiger partial charge is 0.368 e. The zero-order valence-electron chi connectivity index (χ0n) is 6.91. The Balaban J connectivity index is 2.13. The van der Waals surface area contributed by atoms with Gasteiger partial charge in [-0.05, 0) is 12.5 Å². The highest BCUT2D eigenvalue weighted by Crippen LogP contribution is 2.39. The van der Waals surface area contributed by atoms with Crippen molar-refractivity contribution in [1.29, 1.82) is 0 Å². The zero-order chi connectivity index (χ0) is 8.55. The smallest absolute Gasteiger partial charge is 0.0979 e. The van der Waals surface area contributed by atoms with E-state index in [9.17, 15) is 0 Å². The lowest BCUT2D eigenvalue weighted by Crippen LogP contribution is -2.41. The number of hydrogen-bond donors (Lipinski definition) is 0. The molecule has 0 N–H and O–H groups in total. The molecule has 2 heteroatoms. The van der Waals surface area contributed by atoms with Crippen LogP contribution in [0.1, 0.15) is 18.6 Å². The SMILES string of the molecule is C[C@H]1O[C@@H](c2ccccc2)[C@@H]1Br. The average Bonchev–Trinajstić information content (AvgIpc) is 2.15. The van der Waals surface area contributed by atoms with Crippen LogP contribution in [0, 0.1) is 0 Å². The lowest BCUT2D eigenvalue weighted by molar-refractivity contribution is -0.104. The Morgan fingerprint density at radius 2 is 1.92 bits per heavy atom. The molecule has 2 rings (SSSR count). The van der Waals surface area contributed by atoms with Gasteiger partial charge in [0.05, 0.1) is 17.0 Å². The predicted octanol–water partition coefficient (Wildman–Crippen LogP) is 2.91. The summed E-state index contributed by atoms with van der Waals surface area (Å²) in [4.78, 5) is 0.472. The molecule has 1 fully saturated rings. The van der Waals surface area contributed by atoms with Crippen LogP contribution in [0.15, 0.2) is 30.3 Å². The van der Waals surface area contributed by atoms with Crippen molar-refractivity contribution in [3.05, 3.63) is 35.9 Å². The lowest BCUT2D eigenvalue weighted by Gasteiger charge is -2.39. The van der Waals surface area contributed by atoms with Gasteiger partial charge >= 0.3 is 0 Å². The first-order valence-electron chi connectivity index (χ1n) is 4.13. The third-order valence-electron chi connectivity index (χ3n) is 2.23. The molecular formula is C10H11BrO. The van der Waals surface area contributed by atoms with Gasteiger partial charge < -0.3 is 4.74 Å². The van der Waals surface area contributed by atoms with E-state index in [0.717, 1.165) is 0 Å². The minimum Gasteiger partial charge on any atom is -0.368 e. The number of hydrogen-bond acceptors (Lipinski definition) is 1. The molecule has 1 aliphatic rings. The van der Waals surface area contributed by atoms with E-state index in [1.54, 1.807) is 0 Å². The Bertz CT molecular complexity index is 260. The van der Waals surface area contributed by atoms with Crippen LogP contribution in [0.2, 0.25) is 0 Å². The highest BCUT2D eigenvalue weighted by atomic mass is 79.9. The fourth-order valence-corrected chi connectivity index (χ4v) is 2.00. The maximum absolute atomic E-state index is 5.59. The summed E-state index contributed by atoms with van der Waals surface area (Å²) < 4.78 is 5.59. The molecule has 1 heterocycles. The van der Waals surface area contributed by atoms with Crippen molar-refractivity contribution in [2.45, 2.75) is 24.0 Å². The van der Waals surface area contributed by atoms with Gasteiger partial charge in [-0.1, -0.05) is 46.3 Å². The molecule has 0 radical (unpaired) electrons. The van der Waals surface area contributed by atoms with Gasteiger partial charge in [0.25, 0.3) is 0 Å². The molecule has 3 atom stereocenters. The first kappa shape index (κ1) is 8.27. The Kier molecular flexibility index (Phi) is 2.20. The third-order valence-corrected chi connectivity index (χ3v) is 3.45. The van der Waals surface area contributed by atoms with Gasteiger partial charge in [-0.15, -0.1) is 0 Å². The molecule has 12 heavy (non-hydrogen) atoms. The first-order valence-corrected chi connectivity index (χ1v) is 5.05. The Morgan fingerprint density at radius 1 is 1.25 bits per heavy atom. The van der Waals surface area contributed by atoms with Gasteiger partial charge in [0.2, 0.25) is 0 Å². The maximum atomic E-state index is 5.59. The van der Waals surface area contributed by atoms with E-state index in [2.05, 4.69) is 35.0 Å². The second-order valence-corrected chi connectivity index (χ2v) is 4.17. The molecular weight excluding hydrogens is 216 g/mol. The van der Waals surface area contributed by atoms with Crippen LogP contribution in [-0.4, -0.2) is 10.9 Å². The molecule has 64 valence electrons. The van der Waals surface area contributed by atoms with E-state index in [1.165, 1.54) is 5.56 Å². The van der Waals surface area contributed by atoms with E-state index in [-0.39, 0.29) is 6.10 Å². The van der Waals surface area contributed by atoms with Gasteiger partial charge in [-0.25, -0.2) is 0 Å². The Morgan fingerprint density at radius 3 is 2.42 bits per heavy atom. The summed E-state index contributed by atoms with van der Waals surface area (Å²) >= 11 is 3.60. The third kappa shape index (κ3) is 1.29. The van der Waals surface area contributed by atoms with Crippen LogP contribution in [0.4, 0.5) is 0 Å². The highest BCUT2D eigenvalue weighted by molar-refractivity contribution is 9.09. The number of benzene rings is 1. The lowest BCUT2D eigenvalue weighted by atomic mass is 9.98. The van der Waals surface area contributed by atoms with Crippen LogP contribution >= 0.6 is 15.9 Å². The van der Waals surface area contributed by atoms with Crippen molar-refractivity contribution in [2.24, 2.45) is 0 Å². The first-order chi connectivity index (χ1) is 5.79. The summed E-state index contributed by atoms with van der Waals surface area (Å²) in [6.07, 6.45) is 0.594. The summed E-state index contributed by atoms with van der Waals surface area (Å²) in [7, 11) is 0. The van der Waals surface area contributed by atoms with E-state index < -0.39 is 0 Å². The summed E-state index contributed by atoms with van der Waals surface area (Å²) in [5.41, 5.74) is 1.26. The fourth-order valence-electron chi connectivity index (χ4n) is 1.44. The summed E-state index contributed by atoms with van der Waals surface area (Å²) in [6, 6.07) is 10.3. The molecule has 0 bridgehead atoms. The van der Waals surface area contributed by atoms with E-state index in [4.69, 9.17) is 4.74 Å². The van der Waals surface area contributed by atoms with E-state index in [0.29, 0.717) is 10.9 Å². The molecule has 1 aliphatic heterocycles. The van der Waals surface area contributed by atoms with Crippen molar-refractivity contribution in [1.82, 2.24) is 0 Å². The normalized spacial score (nSPS) is 34.3. The molecule has 0 amide bonds. The monoisotopic (exact) mass is 226 g/mol. The fraction of sp³-hybridized carbons (Fsp3) is 0.400. The summed E-state index contributed by atoms with van der Waals surface area (Å²) in [5.74, 6) is 0. The van der Waals surface area contributed by atoms with Gasteiger partial charge in [0, 0.05) is 0 Å². The molecule has 1 aromatic rings. The Hall–Kier alpha value is -0.340. The van der Waals surface area contributed by atoms with Crippen molar-refractivity contribution < 1.29 is 4.74 Å². The second kappa shape index (κ2) is 3.19. The number of ether oxygens (including phenoxy) is 1. The molecule has 0 spiro atoms. The minimum absolute atomic E-state index is 0.251. The van der Waals surface area contributed by atoms with Crippen molar-refractivity contribution in [3.8, 4) is 0 Å². The molecule has 0 aromatic heterocycles. The summed E-state index contributed by atoms with van der Waals surface area (Å²) in [6.45, 7) is 2.08. The number of halogens is 1. The molecule has 1 aromatic carbocycles. The van der Waals surface area contributed by atoms with Crippen LogP contribution in [0.3, 0.4) is 0 Å². The van der Waals surface area contributed by atoms with Crippen LogP contribution in [0.25, 0.3) is 0 Å². The van der Waals surface area contributed by atoms with Gasteiger partial charge in [-0.2, -0.15) is 0 Å². The highest BCUT2D eigenvalue weighted by Gasteiger charge is 2.38. The standard InChI is InChI=1S/C10H11BrO/c1-7-9(11)10(12-7)8-5-3-2-4-6-8/h2-7,9-10H,1H3/t7-,9-,10+/m1/s1. The molecule has 0 unspecified atom stereocenters.